The molecule has 0 aliphatic carbocycles. The van der Waals surface area contributed by atoms with Crippen molar-refractivity contribution < 1.29 is 9.53 Å². The molecule has 1 aliphatic rings. The number of carbonyl (C=O) groups excluding carboxylic acids is 1. The molecule has 3 nitrogen and oxygen atoms in total. The number of carbonyl (C=O) groups is 1. The van der Waals surface area contributed by atoms with E-state index < -0.39 is 0 Å². The quantitative estimate of drug-likeness (QED) is 0.543. The molecule has 0 amide bonds. The van der Waals surface area contributed by atoms with Crippen LogP contribution >= 0.6 is 0 Å². The van der Waals surface area contributed by atoms with Crippen molar-refractivity contribution >= 4 is 5.97 Å². The van der Waals surface area contributed by atoms with Gasteiger partial charge in [-0.1, -0.05) is 12.5 Å². The molecule has 2 atom stereocenters. The SMILES string of the molecule is CCOC(=O)/C=C/CN1[C@H](C)CCC[C@@H]1C. The van der Waals surface area contributed by atoms with Crippen LogP contribution < -0.4 is 0 Å². The van der Waals surface area contributed by atoms with Crippen molar-refractivity contribution in [3.05, 3.63) is 12.2 Å². The monoisotopic (exact) mass is 225 g/mol. The number of hydrogen-bond donors (Lipinski definition) is 0. The summed E-state index contributed by atoms with van der Waals surface area (Å²) < 4.78 is 4.84. The van der Waals surface area contributed by atoms with E-state index in [0.717, 1.165) is 6.54 Å². The molecule has 0 aromatic heterocycles. The van der Waals surface area contributed by atoms with Gasteiger partial charge < -0.3 is 4.74 Å². The third kappa shape index (κ3) is 3.97. The molecular weight excluding hydrogens is 202 g/mol. The Morgan fingerprint density at radius 3 is 2.56 bits per heavy atom. The first-order valence-electron chi connectivity index (χ1n) is 6.24. The summed E-state index contributed by atoms with van der Waals surface area (Å²) in [6.07, 6.45) is 7.30. The highest BCUT2D eigenvalue weighted by Crippen LogP contribution is 2.21. The lowest BCUT2D eigenvalue weighted by Crippen LogP contribution is -2.43. The van der Waals surface area contributed by atoms with Gasteiger partial charge in [-0.15, -0.1) is 0 Å². The van der Waals surface area contributed by atoms with Crippen LogP contribution in [0.15, 0.2) is 12.2 Å². The van der Waals surface area contributed by atoms with Gasteiger partial charge in [-0.25, -0.2) is 4.79 Å². The standard InChI is InChI=1S/C13H23NO2/c1-4-16-13(15)9-6-10-14-11(2)7-5-8-12(14)3/h6,9,11-12H,4-5,7-8,10H2,1-3H3/b9-6+/t11-,12+. The highest BCUT2D eigenvalue weighted by Gasteiger charge is 2.23. The second-order valence-corrected chi connectivity index (χ2v) is 4.48. The molecule has 0 saturated carbocycles. The predicted molar refractivity (Wildman–Crippen MR) is 65.3 cm³/mol. The molecule has 0 aromatic carbocycles. The average Bonchev–Trinajstić information content (AvgIpc) is 2.23. The molecule has 92 valence electrons. The maximum absolute atomic E-state index is 11.1. The van der Waals surface area contributed by atoms with Crippen molar-refractivity contribution in [2.45, 2.75) is 52.1 Å². The number of piperidine rings is 1. The van der Waals surface area contributed by atoms with Crippen molar-refractivity contribution in [3.63, 3.8) is 0 Å². The highest BCUT2D eigenvalue weighted by atomic mass is 16.5. The summed E-state index contributed by atoms with van der Waals surface area (Å²) in [6.45, 7) is 7.63. The first-order valence-corrected chi connectivity index (χ1v) is 6.24. The number of rotatable bonds is 4. The second kappa shape index (κ2) is 6.69. The first kappa shape index (κ1) is 13.2. The Bertz CT molecular complexity index is 240. The number of likely N-dealkylation sites (tertiary alicyclic amines) is 1. The van der Waals surface area contributed by atoms with Gasteiger partial charge in [0.2, 0.25) is 0 Å². The molecule has 0 spiro atoms. The fourth-order valence-electron chi connectivity index (χ4n) is 2.30. The maximum atomic E-state index is 11.1. The molecule has 1 heterocycles. The Morgan fingerprint density at radius 2 is 2.00 bits per heavy atom. The summed E-state index contributed by atoms with van der Waals surface area (Å²) in [5.74, 6) is -0.236. The fraction of sp³-hybridized carbons (Fsp3) is 0.769. The molecule has 0 N–H and O–H groups in total. The van der Waals surface area contributed by atoms with Gasteiger partial charge in [-0.05, 0) is 33.6 Å². The van der Waals surface area contributed by atoms with Crippen LogP contribution in [0.5, 0.6) is 0 Å². The largest absolute Gasteiger partial charge is 0.463 e. The summed E-state index contributed by atoms with van der Waals surface area (Å²) >= 11 is 0. The predicted octanol–water partition coefficient (Wildman–Crippen LogP) is 2.37. The van der Waals surface area contributed by atoms with E-state index in [1.54, 1.807) is 0 Å². The highest BCUT2D eigenvalue weighted by molar-refractivity contribution is 5.81. The summed E-state index contributed by atoms with van der Waals surface area (Å²) in [7, 11) is 0. The molecular formula is C13H23NO2. The lowest BCUT2D eigenvalue weighted by Gasteiger charge is -2.38. The Labute approximate surface area is 98.5 Å². The Kier molecular flexibility index (Phi) is 5.53. The topological polar surface area (TPSA) is 29.5 Å². The molecule has 0 aromatic rings. The van der Waals surface area contributed by atoms with Crippen LogP contribution in [0.2, 0.25) is 0 Å². The lowest BCUT2D eigenvalue weighted by atomic mass is 9.98. The first-order chi connectivity index (χ1) is 7.65. The number of ether oxygens (including phenoxy) is 1. The maximum Gasteiger partial charge on any atom is 0.330 e. The van der Waals surface area contributed by atoms with Crippen LogP contribution in [0.1, 0.15) is 40.0 Å². The summed E-state index contributed by atoms with van der Waals surface area (Å²) in [5, 5.41) is 0. The van der Waals surface area contributed by atoms with E-state index in [1.807, 2.05) is 13.0 Å². The smallest absolute Gasteiger partial charge is 0.330 e. The van der Waals surface area contributed by atoms with Crippen LogP contribution in [-0.2, 0) is 9.53 Å². The molecule has 1 aliphatic heterocycles. The number of hydrogen-bond acceptors (Lipinski definition) is 3. The van der Waals surface area contributed by atoms with Crippen molar-refractivity contribution in [2.24, 2.45) is 0 Å². The van der Waals surface area contributed by atoms with E-state index in [2.05, 4.69) is 18.7 Å². The van der Waals surface area contributed by atoms with E-state index in [-0.39, 0.29) is 5.97 Å². The molecule has 1 rings (SSSR count). The van der Waals surface area contributed by atoms with Crippen LogP contribution in [0.4, 0.5) is 0 Å². The van der Waals surface area contributed by atoms with Crippen molar-refractivity contribution in [2.75, 3.05) is 13.2 Å². The van der Waals surface area contributed by atoms with Gasteiger partial charge in [-0.3, -0.25) is 4.90 Å². The average molecular weight is 225 g/mol. The van der Waals surface area contributed by atoms with Gasteiger partial charge in [0, 0.05) is 24.7 Å². The van der Waals surface area contributed by atoms with E-state index >= 15 is 0 Å². The normalized spacial score (nSPS) is 27.2. The molecule has 1 saturated heterocycles. The number of esters is 1. The zero-order chi connectivity index (χ0) is 12.0. The molecule has 3 heteroatoms. The Hall–Kier alpha value is -0.830. The third-order valence-electron chi connectivity index (χ3n) is 3.23. The molecule has 0 unspecified atom stereocenters. The van der Waals surface area contributed by atoms with Crippen LogP contribution in [0, 0.1) is 0 Å². The second-order valence-electron chi connectivity index (χ2n) is 4.48. The van der Waals surface area contributed by atoms with Crippen LogP contribution in [-0.4, -0.2) is 36.1 Å². The zero-order valence-electron chi connectivity index (χ0n) is 10.6. The lowest BCUT2D eigenvalue weighted by molar-refractivity contribution is -0.137. The minimum absolute atomic E-state index is 0.236. The van der Waals surface area contributed by atoms with Crippen molar-refractivity contribution in [1.82, 2.24) is 4.90 Å². The van der Waals surface area contributed by atoms with E-state index in [4.69, 9.17) is 4.74 Å². The Morgan fingerprint density at radius 1 is 1.38 bits per heavy atom. The zero-order valence-corrected chi connectivity index (χ0v) is 10.6. The van der Waals surface area contributed by atoms with Gasteiger partial charge in [0.15, 0.2) is 0 Å². The molecule has 0 bridgehead atoms. The van der Waals surface area contributed by atoms with Gasteiger partial charge in [0.05, 0.1) is 6.61 Å². The van der Waals surface area contributed by atoms with Gasteiger partial charge >= 0.3 is 5.97 Å². The third-order valence-corrected chi connectivity index (χ3v) is 3.23. The van der Waals surface area contributed by atoms with Crippen molar-refractivity contribution in [3.8, 4) is 0 Å². The minimum atomic E-state index is -0.236. The van der Waals surface area contributed by atoms with Crippen LogP contribution in [0.25, 0.3) is 0 Å². The number of nitrogens with zero attached hydrogens (tertiary/aromatic N) is 1. The van der Waals surface area contributed by atoms with Gasteiger partial charge in [-0.2, -0.15) is 0 Å². The summed E-state index contributed by atoms with van der Waals surface area (Å²) in [6, 6.07) is 1.24. The fourth-order valence-corrected chi connectivity index (χ4v) is 2.30. The minimum Gasteiger partial charge on any atom is -0.463 e. The summed E-state index contributed by atoms with van der Waals surface area (Å²) in [4.78, 5) is 13.6. The van der Waals surface area contributed by atoms with E-state index in [1.165, 1.54) is 25.3 Å². The van der Waals surface area contributed by atoms with E-state index in [0.29, 0.717) is 18.7 Å². The molecule has 16 heavy (non-hydrogen) atoms. The van der Waals surface area contributed by atoms with Crippen LogP contribution in [0.3, 0.4) is 0 Å². The van der Waals surface area contributed by atoms with Crippen molar-refractivity contribution in [1.29, 1.82) is 0 Å². The molecule has 0 radical (unpaired) electrons. The Balaban J connectivity index is 2.37. The summed E-state index contributed by atoms with van der Waals surface area (Å²) in [5.41, 5.74) is 0. The molecule has 1 fully saturated rings. The van der Waals surface area contributed by atoms with Gasteiger partial charge in [0.25, 0.3) is 0 Å². The van der Waals surface area contributed by atoms with Gasteiger partial charge in [0.1, 0.15) is 0 Å². The van der Waals surface area contributed by atoms with E-state index in [9.17, 15) is 4.79 Å².